The topological polar surface area (TPSA) is 52.3 Å². The van der Waals surface area contributed by atoms with Crippen molar-refractivity contribution in [1.82, 2.24) is 0 Å². The Bertz CT molecular complexity index is 217. The standard InChI is InChI=1S/C10H21N2O2.ClH/c1-9(2)10(13)8-12(3,4)6-5-7-14-11;/h1,5-8,11H2,2-4H3;1H/q+1;/p-1. The van der Waals surface area contributed by atoms with Crippen LogP contribution in [0.4, 0.5) is 0 Å². The van der Waals surface area contributed by atoms with Gasteiger partial charge in [0.15, 0.2) is 0 Å². The van der Waals surface area contributed by atoms with E-state index in [1.54, 1.807) is 6.92 Å². The third-order valence-electron chi connectivity index (χ3n) is 2.07. The number of quaternary nitrogens is 1. The van der Waals surface area contributed by atoms with Crippen LogP contribution in [0.1, 0.15) is 13.3 Å². The first-order valence-corrected chi connectivity index (χ1v) is 4.71. The number of carbonyl (C=O) groups is 1. The van der Waals surface area contributed by atoms with Gasteiger partial charge in [-0.05, 0) is 12.5 Å². The first kappa shape index (κ1) is 17.0. The zero-order valence-corrected chi connectivity index (χ0v) is 10.5. The fourth-order valence-corrected chi connectivity index (χ4v) is 1.18. The molecule has 0 aliphatic carbocycles. The fraction of sp³-hybridized carbons (Fsp3) is 0.700. The van der Waals surface area contributed by atoms with Crippen molar-refractivity contribution < 1.29 is 26.5 Å². The average Bonchev–Trinajstić information content (AvgIpc) is 2.03. The van der Waals surface area contributed by atoms with Crippen molar-refractivity contribution in [2.45, 2.75) is 13.3 Å². The first-order valence-electron chi connectivity index (χ1n) is 4.71. The van der Waals surface area contributed by atoms with Crippen molar-refractivity contribution in [2.75, 3.05) is 33.8 Å². The number of rotatable bonds is 7. The van der Waals surface area contributed by atoms with Gasteiger partial charge in [0.1, 0.15) is 6.54 Å². The average molecular weight is 237 g/mol. The number of likely N-dealkylation sites (N-methyl/N-ethyl adjacent to an activating group) is 1. The zero-order chi connectivity index (χ0) is 11.2. The van der Waals surface area contributed by atoms with Gasteiger partial charge in [0.25, 0.3) is 0 Å². The van der Waals surface area contributed by atoms with E-state index in [0.29, 0.717) is 23.2 Å². The molecule has 0 saturated carbocycles. The second-order valence-electron chi connectivity index (χ2n) is 4.25. The van der Waals surface area contributed by atoms with E-state index in [1.807, 2.05) is 14.1 Å². The van der Waals surface area contributed by atoms with Gasteiger partial charge in [0.05, 0.1) is 27.2 Å². The maximum atomic E-state index is 11.4. The molecule has 0 bridgehead atoms. The zero-order valence-electron chi connectivity index (χ0n) is 9.75. The molecule has 0 amide bonds. The van der Waals surface area contributed by atoms with Crippen molar-refractivity contribution >= 4 is 5.78 Å². The molecule has 5 heteroatoms. The summed E-state index contributed by atoms with van der Waals surface area (Å²) in [6.07, 6.45) is 0.854. The van der Waals surface area contributed by atoms with Crippen LogP contribution in [0.15, 0.2) is 12.2 Å². The highest BCUT2D eigenvalue weighted by Crippen LogP contribution is 2.02. The highest BCUT2D eigenvalue weighted by atomic mass is 35.5. The second-order valence-corrected chi connectivity index (χ2v) is 4.25. The number of ketones is 1. The van der Waals surface area contributed by atoms with Gasteiger partial charge in [-0.15, -0.1) is 0 Å². The summed E-state index contributed by atoms with van der Waals surface area (Å²) in [4.78, 5) is 15.9. The van der Waals surface area contributed by atoms with E-state index in [0.717, 1.165) is 13.0 Å². The lowest BCUT2D eigenvalue weighted by Gasteiger charge is -2.28. The van der Waals surface area contributed by atoms with E-state index in [1.165, 1.54) is 0 Å². The molecule has 0 aromatic carbocycles. The van der Waals surface area contributed by atoms with Gasteiger partial charge < -0.3 is 21.7 Å². The van der Waals surface area contributed by atoms with Crippen LogP contribution >= 0.6 is 0 Å². The summed E-state index contributed by atoms with van der Waals surface area (Å²) in [6.45, 7) is 7.26. The summed E-state index contributed by atoms with van der Waals surface area (Å²) in [7, 11) is 4.02. The lowest BCUT2D eigenvalue weighted by molar-refractivity contribution is -0.882. The molecule has 0 saturated heterocycles. The van der Waals surface area contributed by atoms with Gasteiger partial charge in [-0.3, -0.25) is 4.79 Å². The third kappa shape index (κ3) is 8.57. The van der Waals surface area contributed by atoms with E-state index in [2.05, 4.69) is 11.4 Å². The summed E-state index contributed by atoms with van der Waals surface area (Å²) in [6, 6.07) is 0. The highest BCUT2D eigenvalue weighted by molar-refractivity contribution is 5.95. The number of nitrogens with two attached hydrogens (primary N) is 1. The Morgan fingerprint density at radius 1 is 1.47 bits per heavy atom. The van der Waals surface area contributed by atoms with Gasteiger partial charge in [-0.25, -0.2) is 5.90 Å². The molecule has 15 heavy (non-hydrogen) atoms. The summed E-state index contributed by atoms with van der Waals surface area (Å²) >= 11 is 0. The Morgan fingerprint density at radius 3 is 2.40 bits per heavy atom. The molecule has 0 atom stereocenters. The van der Waals surface area contributed by atoms with Crippen LogP contribution in [0.5, 0.6) is 0 Å². The molecule has 0 rings (SSSR count). The minimum absolute atomic E-state index is 0. The summed E-state index contributed by atoms with van der Waals surface area (Å²) in [5, 5.41) is 0. The number of Topliss-reactive ketones (excluding diaryl/α,β-unsaturated/α-hetero) is 1. The molecule has 0 aromatic heterocycles. The number of carbonyl (C=O) groups excluding carboxylic acids is 1. The lowest BCUT2D eigenvalue weighted by atomic mass is 10.2. The largest absolute Gasteiger partial charge is 1.00 e. The molecule has 0 unspecified atom stereocenters. The van der Waals surface area contributed by atoms with Gasteiger partial charge in [-0.1, -0.05) is 6.58 Å². The van der Waals surface area contributed by atoms with Crippen LogP contribution in [0, 0.1) is 0 Å². The summed E-state index contributed by atoms with van der Waals surface area (Å²) in [5.74, 6) is 5.03. The van der Waals surface area contributed by atoms with E-state index in [-0.39, 0.29) is 18.2 Å². The molecule has 0 aromatic rings. The maximum absolute atomic E-state index is 11.4. The third-order valence-corrected chi connectivity index (χ3v) is 2.07. The molecule has 0 aliphatic heterocycles. The molecular weight excluding hydrogens is 216 g/mol. The van der Waals surface area contributed by atoms with Crippen molar-refractivity contribution in [3.05, 3.63) is 12.2 Å². The molecular formula is C10H21ClN2O2. The Labute approximate surface area is 98.0 Å². The Hall–Kier alpha value is -0.420. The second kappa shape index (κ2) is 7.82. The van der Waals surface area contributed by atoms with E-state index in [4.69, 9.17) is 5.90 Å². The Kier molecular flexibility index (Phi) is 8.86. The molecule has 0 heterocycles. The first-order chi connectivity index (χ1) is 6.39. The van der Waals surface area contributed by atoms with Crippen LogP contribution < -0.4 is 18.3 Å². The quantitative estimate of drug-likeness (QED) is 0.230. The highest BCUT2D eigenvalue weighted by Gasteiger charge is 2.19. The molecule has 0 radical (unpaired) electrons. The number of nitrogens with zero attached hydrogens (tertiary/aromatic N) is 1. The fourth-order valence-electron chi connectivity index (χ4n) is 1.18. The van der Waals surface area contributed by atoms with E-state index in [9.17, 15) is 4.79 Å². The van der Waals surface area contributed by atoms with Crippen molar-refractivity contribution in [2.24, 2.45) is 5.90 Å². The minimum atomic E-state index is 0. The van der Waals surface area contributed by atoms with Crippen LogP contribution in [-0.2, 0) is 9.63 Å². The lowest BCUT2D eigenvalue weighted by Crippen LogP contribution is -3.00. The Balaban J connectivity index is 0. The van der Waals surface area contributed by atoms with Gasteiger partial charge in [0.2, 0.25) is 5.78 Å². The number of halogens is 1. The summed E-state index contributed by atoms with van der Waals surface area (Å²) in [5.41, 5.74) is 0.617. The SMILES string of the molecule is C=C(C)C(=O)C[N+](C)(C)CCCON.[Cl-]. The molecule has 4 nitrogen and oxygen atoms in total. The van der Waals surface area contributed by atoms with Crippen LogP contribution in [0.2, 0.25) is 0 Å². The maximum Gasteiger partial charge on any atom is 0.212 e. The normalized spacial score (nSPS) is 10.7. The van der Waals surface area contributed by atoms with E-state index < -0.39 is 0 Å². The molecule has 0 aliphatic rings. The van der Waals surface area contributed by atoms with Crippen molar-refractivity contribution in [3.8, 4) is 0 Å². The van der Waals surface area contributed by atoms with E-state index >= 15 is 0 Å². The molecule has 2 N–H and O–H groups in total. The molecule has 90 valence electrons. The minimum Gasteiger partial charge on any atom is -1.00 e. The predicted molar refractivity (Wildman–Crippen MR) is 56.4 cm³/mol. The number of hydrogen-bond donors (Lipinski definition) is 1. The van der Waals surface area contributed by atoms with Gasteiger partial charge in [-0.2, -0.15) is 0 Å². The number of hydrogen-bond acceptors (Lipinski definition) is 3. The van der Waals surface area contributed by atoms with Crippen LogP contribution in [-0.4, -0.2) is 44.1 Å². The smallest absolute Gasteiger partial charge is 0.212 e. The van der Waals surface area contributed by atoms with Crippen LogP contribution in [0.3, 0.4) is 0 Å². The Morgan fingerprint density at radius 2 is 2.00 bits per heavy atom. The van der Waals surface area contributed by atoms with Crippen LogP contribution in [0.25, 0.3) is 0 Å². The monoisotopic (exact) mass is 236 g/mol. The summed E-state index contributed by atoms with van der Waals surface area (Å²) < 4.78 is 0.648. The van der Waals surface area contributed by atoms with Crippen molar-refractivity contribution in [3.63, 3.8) is 0 Å². The molecule has 0 fully saturated rings. The van der Waals surface area contributed by atoms with Crippen molar-refractivity contribution in [1.29, 1.82) is 0 Å². The van der Waals surface area contributed by atoms with Gasteiger partial charge in [0, 0.05) is 6.42 Å². The van der Waals surface area contributed by atoms with Gasteiger partial charge >= 0.3 is 0 Å². The predicted octanol–water partition coefficient (Wildman–Crippen LogP) is -2.51. The molecule has 0 spiro atoms.